The Morgan fingerprint density at radius 1 is 0.707 bits per heavy atom. The Labute approximate surface area is 343 Å². The molecule has 9 rings (SSSR count). The molecule has 2 aliphatic rings. The molecule has 2 unspecified atom stereocenters. The zero-order valence-electron chi connectivity index (χ0n) is 32.9. The number of fused-ring (bicyclic) bond motifs is 1. The van der Waals surface area contributed by atoms with Crippen LogP contribution in [0.3, 0.4) is 0 Å². The van der Waals surface area contributed by atoms with Gasteiger partial charge in [-0.15, -0.1) is 0 Å². The summed E-state index contributed by atoms with van der Waals surface area (Å²) >= 11 is 0. The normalized spacial score (nSPS) is 17.9. The Morgan fingerprint density at radius 2 is 1.29 bits per heavy atom. The standard InChI is InChI=1S/C49H46N6OP2/c1-49-36-22-21-35-45(49)54(41-29-15-7-16-30-41)58(3,55(49)42-31-17-8-18-32-42)47-37-46(51-48(52-47)38-23-9-4-10-24-38)57(56-2)53(40-27-13-6-14-28-40)44-34-20-19-33-43(44)50-39-25-11-5-12-26-39/h4-35,37,50,58H,36H2,1-3H3. The van der Waals surface area contributed by atoms with E-state index in [1.807, 2.05) is 30.3 Å². The van der Waals surface area contributed by atoms with E-state index in [1.165, 1.54) is 11.4 Å². The molecule has 1 aromatic heterocycles. The SMILES string of the molecule is COP(c1cc([PH]2(C)N(c3ccccc3)C3=CC=CCC3(C)N2c2ccccc2)nc(-c2ccccc2)n1)N(c1ccccc1)c1ccccc1Nc1ccccc1. The number of para-hydroxylation sites is 6. The summed E-state index contributed by atoms with van der Waals surface area (Å²) in [5.74, 6) is 0.670. The summed E-state index contributed by atoms with van der Waals surface area (Å²) in [5.41, 5.74) is 9.93. The van der Waals surface area contributed by atoms with Crippen LogP contribution < -0.4 is 30.2 Å². The molecule has 2 atom stereocenters. The average molecular weight is 797 g/mol. The Balaban J connectivity index is 1.30. The summed E-state index contributed by atoms with van der Waals surface area (Å²) < 4.78 is 14.4. The predicted molar refractivity (Wildman–Crippen MR) is 248 cm³/mol. The van der Waals surface area contributed by atoms with E-state index in [0.717, 1.165) is 51.3 Å². The van der Waals surface area contributed by atoms with Gasteiger partial charge < -0.3 is 0 Å². The Kier molecular flexibility index (Phi) is 10.4. The van der Waals surface area contributed by atoms with Crippen LogP contribution in [0.4, 0.5) is 34.1 Å². The number of nitrogens with zero attached hydrogens (tertiary/aromatic N) is 5. The Morgan fingerprint density at radius 3 is 1.97 bits per heavy atom. The van der Waals surface area contributed by atoms with Gasteiger partial charge in [0.1, 0.15) is 0 Å². The van der Waals surface area contributed by atoms with Crippen LogP contribution in [-0.4, -0.2) is 29.3 Å². The molecular formula is C49H46N6OP2. The fourth-order valence-electron chi connectivity index (χ4n) is 8.51. The molecule has 1 aliphatic heterocycles. The molecule has 0 bridgehead atoms. The fraction of sp³-hybridized carbons (Fsp3) is 0.102. The van der Waals surface area contributed by atoms with Crippen molar-refractivity contribution in [1.29, 1.82) is 0 Å². The quantitative estimate of drug-likeness (QED) is 0.131. The van der Waals surface area contributed by atoms with E-state index < -0.39 is 15.9 Å². The molecule has 0 saturated carbocycles. The summed E-state index contributed by atoms with van der Waals surface area (Å²) in [4.78, 5) is 11.1. The molecule has 0 spiro atoms. The van der Waals surface area contributed by atoms with Crippen LogP contribution in [0.5, 0.6) is 0 Å². The number of hydrogen-bond acceptors (Lipinski definition) is 7. The number of hydrogen-bond donors (Lipinski definition) is 1. The van der Waals surface area contributed by atoms with Gasteiger partial charge >= 0.3 is 345 Å². The first-order chi connectivity index (χ1) is 28.5. The number of benzene rings is 6. The van der Waals surface area contributed by atoms with Gasteiger partial charge in [0.05, 0.1) is 0 Å². The summed E-state index contributed by atoms with van der Waals surface area (Å²) in [6.45, 7) is 4.83. The second kappa shape index (κ2) is 16.0. The van der Waals surface area contributed by atoms with E-state index in [-0.39, 0.29) is 5.54 Å². The van der Waals surface area contributed by atoms with Crippen LogP contribution in [0, 0.1) is 0 Å². The summed E-state index contributed by atoms with van der Waals surface area (Å²) in [6.07, 6.45) is 7.67. The molecule has 1 saturated heterocycles. The van der Waals surface area contributed by atoms with Crippen LogP contribution in [0.1, 0.15) is 13.3 Å². The van der Waals surface area contributed by atoms with Gasteiger partial charge in [0.25, 0.3) is 0 Å². The molecule has 0 radical (unpaired) electrons. The number of allylic oxidation sites excluding steroid dienone is 2. The fourth-order valence-corrected chi connectivity index (χ4v) is 15.0. The van der Waals surface area contributed by atoms with E-state index in [0.29, 0.717) is 5.82 Å². The third-order valence-electron chi connectivity index (χ3n) is 11.1. The van der Waals surface area contributed by atoms with Gasteiger partial charge in [-0.2, -0.15) is 0 Å². The summed E-state index contributed by atoms with van der Waals surface area (Å²) in [7, 11) is -2.87. The second-order valence-electron chi connectivity index (χ2n) is 14.7. The molecule has 288 valence electrons. The van der Waals surface area contributed by atoms with Gasteiger partial charge in [-0.1, -0.05) is 0 Å². The van der Waals surface area contributed by atoms with Crippen LogP contribution in [0.15, 0.2) is 206 Å². The van der Waals surface area contributed by atoms with Crippen LogP contribution in [0.2, 0.25) is 0 Å². The Hall–Kier alpha value is -6.10. The van der Waals surface area contributed by atoms with E-state index in [1.54, 1.807) is 7.11 Å². The average Bonchev–Trinajstić information content (AvgIpc) is 3.50. The van der Waals surface area contributed by atoms with Crippen molar-refractivity contribution >= 4 is 60.9 Å². The first-order valence-electron chi connectivity index (χ1n) is 19.6. The number of rotatable bonds is 11. The van der Waals surface area contributed by atoms with Crippen molar-refractivity contribution < 1.29 is 4.52 Å². The van der Waals surface area contributed by atoms with Crippen LogP contribution in [0.25, 0.3) is 11.4 Å². The van der Waals surface area contributed by atoms with Crippen molar-refractivity contribution in [1.82, 2.24) is 9.97 Å². The summed E-state index contributed by atoms with van der Waals surface area (Å²) in [6, 6.07) is 63.5. The monoisotopic (exact) mass is 796 g/mol. The maximum absolute atomic E-state index is 6.73. The predicted octanol–water partition coefficient (Wildman–Crippen LogP) is 11.8. The second-order valence-corrected chi connectivity index (χ2v) is 20.0. The molecule has 58 heavy (non-hydrogen) atoms. The molecular weight excluding hydrogens is 751 g/mol. The van der Waals surface area contributed by atoms with Crippen molar-refractivity contribution in [3.05, 3.63) is 206 Å². The van der Waals surface area contributed by atoms with Crippen LogP contribution >= 0.6 is 15.9 Å². The van der Waals surface area contributed by atoms with Crippen molar-refractivity contribution in [3.63, 3.8) is 0 Å². The molecule has 9 heteroatoms. The Bertz CT molecular complexity index is 2560. The molecule has 0 amide bonds. The van der Waals surface area contributed by atoms with Gasteiger partial charge in [0.15, 0.2) is 0 Å². The molecule has 1 fully saturated rings. The van der Waals surface area contributed by atoms with Crippen molar-refractivity contribution in [2.24, 2.45) is 0 Å². The number of nitrogens with one attached hydrogen (secondary N) is 1. The molecule has 7 nitrogen and oxygen atoms in total. The first kappa shape index (κ1) is 37.5. The van der Waals surface area contributed by atoms with Crippen LogP contribution in [-0.2, 0) is 4.52 Å². The third kappa shape index (κ3) is 6.76. The van der Waals surface area contributed by atoms with Gasteiger partial charge in [-0.3, -0.25) is 0 Å². The van der Waals surface area contributed by atoms with Gasteiger partial charge in [-0.05, 0) is 0 Å². The molecule has 1 N–H and O–H groups in total. The summed E-state index contributed by atoms with van der Waals surface area (Å²) in [5, 5.41) is 3.69. The van der Waals surface area contributed by atoms with E-state index in [4.69, 9.17) is 14.5 Å². The molecule has 1 aliphatic carbocycles. The zero-order chi connectivity index (χ0) is 39.5. The van der Waals surface area contributed by atoms with E-state index in [2.05, 4.69) is 203 Å². The molecule has 7 aromatic rings. The number of anilines is 6. The maximum atomic E-state index is 6.73. The zero-order valence-corrected chi connectivity index (χ0v) is 34.7. The van der Waals surface area contributed by atoms with Crippen molar-refractivity contribution in [2.75, 3.05) is 33.1 Å². The van der Waals surface area contributed by atoms with Crippen molar-refractivity contribution in [2.45, 2.75) is 18.9 Å². The molecule has 2 heterocycles. The minimum atomic E-state index is -3.08. The number of aromatic nitrogens is 2. The van der Waals surface area contributed by atoms with Crippen molar-refractivity contribution in [3.8, 4) is 11.4 Å². The topological polar surface area (TPSA) is 56.8 Å². The van der Waals surface area contributed by atoms with E-state index >= 15 is 0 Å². The van der Waals surface area contributed by atoms with Gasteiger partial charge in [-0.25, -0.2) is 0 Å². The first-order valence-corrected chi connectivity index (χ1v) is 23.2. The minimum absolute atomic E-state index is 0.338. The third-order valence-corrected chi connectivity index (χ3v) is 17.1. The molecule has 6 aromatic carbocycles. The van der Waals surface area contributed by atoms with Gasteiger partial charge in [0, 0.05) is 0 Å². The van der Waals surface area contributed by atoms with E-state index in [9.17, 15) is 0 Å². The van der Waals surface area contributed by atoms with Gasteiger partial charge in [0.2, 0.25) is 0 Å².